The number of anilines is 1. The quantitative estimate of drug-likeness (QED) is 0.651. The van der Waals surface area contributed by atoms with Gasteiger partial charge in [0, 0.05) is 18.3 Å². The van der Waals surface area contributed by atoms with Crippen molar-refractivity contribution in [1.82, 2.24) is 9.44 Å². The molecule has 0 aromatic heterocycles. The molecule has 6 heteroatoms. The Balaban J connectivity index is 1.90. The predicted molar refractivity (Wildman–Crippen MR) is 62.8 cm³/mol. The van der Waals surface area contributed by atoms with E-state index in [1.165, 1.54) is 0 Å². The Morgan fingerprint density at radius 2 is 2.12 bits per heavy atom. The summed E-state index contributed by atoms with van der Waals surface area (Å²) >= 11 is 0. The predicted octanol–water partition coefficient (Wildman–Crippen LogP) is 0.355. The molecule has 88 valence electrons. The largest absolute Gasteiger partial charge is 0.399 e. The van der Waals surface area contributed by atoms with Gasteiger partial charge in [-0.25, -0.2) is 0 Å². The molecule has 0 unspecified atom stereocenters. The first-order chi connectivity index (χ1) is 7.55. The standard InChI is InChI=1S/C10H15N3O2S/c11-9-3-1-2-8(6-9)7-12-16(14,15)13-10-4-5-10/h1-3,6,10,12-13H,4-5,7,11H2. The highest BCUT2D eigenvalue weighted by atomic mass is 32.2. The third-order valence-corrected chi connectivity index (χ3v) is 3.48. The summed E-state index contributed by atoms with van der Waals surface area (Å²) in [5.41, 5.74) is 7.08. The van der Waals surface area contributed by atoms with Crippen LogP contribution >= 0.6 is 0 Å². The summed E-state index contributed by atoms with van der Waals surface area (Å²) in [4.78, 5) is 0. The highest BCUT2D eigenvalue weighted by Gasteiger charge is 2.26. The van der Waals surface area contributed by atoms with Crippen LogP contribution in [-0.4, -0.2) is 14.5 Å². The maximum Gasteiger partial charge on any atom is 0.277 e. The van der Waals surface area contributed by atoms with E-state index >= 15 is 0 Å². The van der Waals surface area contributed by atoms with Crippen LogP contribution in [0, 0.1) is 0 Å². The maximum absolute atomic E-state index is 11.5. The van der Waals surface area contributed by atoms with Crippen molar-refractivity contribution in [2.24, 2.45) is 0 Å². The van der Waals surface area contributed by atoms with E-state index in [0.717, 1.165) is 18.4 Å². The maximum atomic E-state index is 11.5. The fourth-order valence-electron chi connectivity index (χ4n) is 1.34. The number of nitrogens with two attached hydrogens (primary N) is 1. The molecule has 1 aromatic carbocycles. The molecule has 1 aromatic rings. The smallest absolute Gasteiger partial charge is 0.277 e. The lowest BCUT2D eigenvalue weighted by Gasteiger charge is -2.07. The minimum Gasteiger partial charge on any atom is -0.399 e. The first kappa shape index (κ1) is 11.4. The Kier molecular flexibility index (Phi) is 3.13. The highest BCUT2D eigenvalue weighted by molar-refractivity contribution is 7.87. The Morgan fingerprint density at radius 1 is 1.38 bits per heavy atom. The summed E-state index contributed by atoms with van der Waals surface area (Å²) in [5.74, 6) is 0. The second kappa shape index (κ2) is 4.40. The normalized spacial score (nSPS) is 16.2. The van der Waals surface area contributed by atoms with E-state index in [9.17, 15) is 8.42 Å². The summed E-state index contributed by atoms with van der Waals surface area (Å²) in [5, 5.41) is 0. The molecule has 1 fully saturated rings. The number of benzene rings is 1. The molecule has 2 rings (SSSR count). The second-order valence-corrected chi connectivity index (χ2v) is 5.49. The molecule has 0 amide bonds. The molecule has 1 saturated carbocycles. The minimum absolute atomic E-state index is 0.123. The summed E-state index contributed by atoms with van der Waals surface area (Å²) in [6.45, 7) is 0.257. The first-order valence-corrected chi connectivity index (χ1v) is 6.65. The topological polar surface area (TPSA) is 84.2 Å². The summed E-state index contributed by atoms with van der Waals surface area (Å²) < 4.78 is 28.0. The van der Waals surface area contributed by atoms with Crippen LogP contribution < -0.4 is 15.2 Å². The Bertz CT molecular complexity index is 469. The lowest BCUT2D eigenvalue weighted by atomic mass is 10.2. The first-order valence-electron chi connectivity index (χ1n) is 5.16. The van der Waals surface area contributed by atoms with Gasteiger partial charge in [0.2, 0.25) is 0 Å². The van der Waals surface area contributed by atoms with Crippen LogP contribution in [-0.2, 0) is 16.8 Å². The molecular formula is C10H15N3O2S. The van der Waals surface area contributed by atoms with Crippen molar-refractivity contribution in [3.63, 3.8) is 0 Å². The van der Waals surface area contributed by atoms with E-state index in [1.807, 2.05) is 6.07 Å². The molecule has 16 heavy (non-hydrogen) atoms. The number of nitrogens with one attached hydrogen (secondary N) is 2. The SMILES string of the molecule is Nc1cccc(CNS(=O)(=O)NC2CC2)c1. The van der Waals surface area contributed by atoms with Gasteiger partial charge in [-0.3, -0.25) is 0 Å². The number of nitrogen functional groups attached to an aromatic ring is 1. The average Bonchev–Trinajstić information content (AvgIpc) is 2.98. The van der Waals surface area contributed by atoms with Crippen molar-refractivity contribution in [3.05, 3.63) is 29.8 Å². The van der Waals surface area contributed by atoms with E-state index < -0.39 is 10.2 Å². The van der Waals surface area contributed by atoms with Gasteiger partial charge in [-0.1, -0.05) is 12.1 Å². The third-order valence-electron chi connectivity index (χ3n) is 2.32. The molecule has 5 nitrogen and oxygen atoms in total. The van der Waals surface area contributed by atoms with Crippen LogP contribution in [0.5, 0.6) is 0 Å². The average molecular weight is 241 g/mol. The van der Waals surface area contributed by atoms with Crippen molar-refractivity contribution < 1.29 is 8.42 Å². The Morgan fingerprint density at radius 3 is 2.75 bits per heavy atom. The van der Waals surface area contributed by atoms with Crippen molar-refractivity contribution in [3.8, 4) is 0 Å². The molecule has 0 radical (unpaired) electrons. The van der Waals surface area contributed by atoms with Gasteiger partial charge in [-0.15, -0.1) is 0 Å². The fourth-order valence-corrected chi connectivity index (χ4v) is 2.46. The highest BCUT2D eigenvalue weighted by Crippen LogP contribution is 2.19. The number of hydrogen-bond acceptors (Lipinski definition) is 3. The van der Waals surface area contributed by atoms with Crippen molar-refractivity contribution in [2.45, 2.75) is 25.4 Å². The van der Waals surface area contributed by atoms with Crippen LogP contribution in [0.15, 0.2) is 24.3 Å². The summed E-state index contributed by atoms with van der Waals surface area (Å²) in [6.07, 6.45) is 1.86. The van der Waals surface area contributed by atoms with E-state index in [2.05, 4.69) is 9.44 Å². The van der Waals surface area contributed by atoms with Gasteiger partial charge in [0.1, 0.15) is 0 Å². The lowest BCUT2D eigenvalue weighted by molar-refractivity contribution is 0.565. The Hall–Kier alpha value is -1.11. The van der Waals surface area contributed by atoms with Gasteiger partial charge in [0.25, 0.3) is 10.2 Å². The zero-order valence-electron chi connectivity index (χ0n) is 8.81. The number of hydrogen-bond donors (Lipinski definition) is 3. The molecule has 4 N–H and O–H groups in total. The summed E-state index contributed by atoms with van der Waals surface area (Å²) in [6, 6.07) is 7.27. The summed E-state index contributed by atoms with van der Waals surface area (Å²) in [7, 11) is -3.37. The number of rotatable bonds is 5. The zero-order valence-corrected chi connectivity index (χ0v) is 9.63. The molecule has 0 spiro atoms. The van der Waals surface area contributed by atoms with Gasteiger partial charge in [-0.05, 0) is 30.5 Å². The van der Waals surface area contributed by atoms with Crippen LogP contribution in [0.4, 0.5) is 5.69 Å². The molecule has 1 aliphatic rings. The van der Waals surface area contributed by atoms with Gasteiger partial charge in [0.15, 0.2) is 0 Å². The van der Waals surface area contributed by atoms with Crippen molar-refractivity contribution in [1.29, 1.82) is 0 Å². The molecule has 0 bridgehead atoms. The molecule has 0 atom stereocenters. The van der Waals surface area contributed by atoms with Gasteiger partial charge < -0.3 is 5.73 Å². The van der Waals surface area contributed by atoms with E-state index in [4.69, 9.17) is 5.73 Å². The van der Waals surface area contributed by atoms with Crippen molar-refractivity contribution >= 4 is 15.9 Å². The van der Waals surface area contributed by atoms with E-state index in [0.29, 0.717) is 5.69 Å². The van der Waals surface area contributed by atoms with E-state index in [-0.39, 0.29) is 12.6 Å². The van der Waals surface area contributed by atoms with Gasteiger partial charge in [-0.2, -0.15) is 17.9 Å². The van der Waals surface area contributed by atoms with Gasteiger partial charge >= 0.3 is 0 Å². The second-order valence-electron chi connectivity index (χ2n) is 3.96. The van der Waals surface area contributed by atoms with Crippen molar-refractivity contribution in [2.75, 3.05) is 5.73 Å². The van der Waals surface area contributed by atoms with Crippen LogP contribution in [0.3, 0.4) is 0 Å². The molecular weight excluding hydrogens is 226 g/mol. The molecule has 0 saturated heterocycles. The third kappa shape index (κ3) is 3.48. The van der Waals surface area contributed by atoms with E-state index in [1.54, 1.807) is 18.2 Å². The minimum atomic E-state index is -3.37. The lowest BCUT2D eigenvalue weighted by Crippen LogP contribution is -2.37. The molecule has 1 aliphatic carbocycles. The van der Waals surface area contributed by atoms with Crippen LogP contribution in [0.25, 0.3) is 0 Å². The monoisotopic (exact) mass is 241 g/mol. The van der Waals surface area contributed by atoms with Crippen LogP contribution in [0.2, 0.25) is 0 Å². The molecule has 0 heterocycles. The fraction of sp³-hybridized carbons (Fsp3) is 0.400. The molecule has 0 aliphatic heterocycles. The zero-order chi connectivity index (χ0) is 11.6. The Labute approximate surface area is 95.2 Å². The van der Waals surface area contributed by atoms with Gasteiger partial charge in [0.05, 0.1) is 0 Å². The van der Waals surface area contributed by atoms with Crippen LogP contribution in [0.1, 0.15) is 18.4 Å².